The Kier molecular flexibility index (Phi) is 2.74. The van der Waals surface area contributed by atoms with Crippen molar-refractivity contribution in [3.63, 3.8) is 0 Å². The van der Waals surface area contributed by atoms with Crippen LogP contribution in [0.25, 0.3) is 0 Å². The second-order valence-electron chi connectivity index (χ2n) is 4.40. The fourth-order valence-electron chi connectivity index (χ4n) is 2.51. The van der Waals surface area contributed by atoms with Crippen molar-refractivity contribution in [1.82, 2.24) is 4.90 Å². The van der Waals surface area contributed by atoms with Gasteiger partial charge in [-0.3, -0.25) is 4.79 Å². The molecule has 4 heteroatoms. The van der Waals surface area contributed by atoms with Crippen LogP contribution in [0.3, 0.4) is 0 Å². The fourth-order valence-corrected chi connectivity index (χ4v) is 2.51. The van der Waals surface area contributed by atoms with Crippen molar-refractivity contribution in [3.8, 4) is 0 Å². The molecule has 2 rings (SSSR count). The van der Waals surface area contributed by atoms with Gasteiger partial charge in [-0.25, -0.2) is 0 Å². The summed E-state index contributed by atoms with van der Waals surface area (Å²) in [5.74, 6) is 0.0732. The third-order valence-corrected chi connectivity index (χ3v) is 3.34. The van der Waals surface area contributed by atoms with Gasteiger partial charge in [-0.2, -0.15) is 0 Å². The number of nitrogens with two attached hydrogens (primary N) is 1. The smallest absolute Gasteiger partial charge is 0.239 e. The Hall–Kier alpha value is -0.610. The number of carbonyl (C=O) groups is 1. The lowest BCUT2D eigenvalue weighted by Gasteiger charge is -2.33. The standard InChI is InChI=1S/C10H18N2O2/c11-9-4-5-12(10(9)14)7-2-1-3-8(13)6-7/h7-9,13H,1-6,11H2. The summed E-state index contributed by atoms with van der Waals surface area (Å²) in [5.41, 5.74) is 5.66. The second-order valence-corrected chi connectivity index (χ2v) is 4.40. The maximum Gasteiger partial charge on any atom is 0.239 e. The van der Waals surface area contributed by atoms with Crippen molar-refractivity contribution < 1.29 is 9.90 Å². The van der Waals surface area contributed by atoms with Gasteiger partial charge in [0.2, 0.25) is 5.91 Å². The predicted molar refractivity (Wildman–Crippen MR) is 52.6 cm³/mol. The molecule has 14 heavy (non-hydrogen) atoms. The zero-order valence-corrected chi connectivity index (χ0v) is 8.35. The average Bonchev–Trinajstić information content (AvgIpc) is 2.48. The van der Waals surface area contributed by atoms with Gasteiger partial charge in [0.1, 0.15) is 0 Å². The van der Waals surface area contributed by atoms with Crippen LogP contribution in [0.5, 0.6) is 0 Å². The van der Waals surface area contributed by atoms with Gasteiger partial charge >= 0.3 is 0 Å². The van der Waals surface area contributed by atoms with E-state index in [-0.39, 0.29) is 24.1 Å². The molecule has 0 radical (unpaired) electrons. The van der Waals surface area contributed by atoms with Crippen molar-refractivity contribution in [3.05, 3.63) is 0 Å². The SMILES string of the molecule is NC1CCN(C2CCCC(O)C2)C1=O. The molecule has 2 aliphatic rings. The first-order chi connectivity index (χ1) is 6.68. The maximum absolute atomic E-state index is 11.6. The van der Waals surface area contributed by atoms with Crippen LogP contribution in [0.4, 0.5) is 0 Å². The molecule has 4 nitrogen and oxygen atoms in total. The van der Waals surface area contributed by atoms with E-state index < -0.39 is 0 Å². The van der Waals surface area contributed by atoms with Crippen LogP contribution in [-0.2, 0) is 4.79 Å². The molecule has 3 unspecified atom stereocenters. The average molecular weight is 198 g/mol. The molecule has 1 amide bonds. The molecule has 3 N–H and O–H groups in total. The molecule has 3 atom stereocenters. The van der Waals surface area contributed by atoms with E-state index in [1.54, 1.807) is 0 Å². The molecule has 0 aromatic rings. The summed E-state index contributed by atoms with van der Waals surface area (Å²) in [6.07, 6.45) is 4.20. The number of aliphatic hydroxyl groups is 1. The highest BCUT2D eigenvalue weighted by atomic mass is 16.3. The van der Waals surface area contributed by atoms with E-state index in [1.165, 1.54) is 0 Å². The number of hydrogen-bond acceptors (Lipinski definition) is 3. The summed E-state index contributed by atoms with van der Waals surface area (Å²) >= 11 is 0. The van der Waals surface area contributed by atoms with E-state index in [4.69, 9.17) is 5.73 Å². The summed E-state index contributed by atoms with van der Waals surface area (Å²) in [7, 11) is 0. The van der Waals surface area contributed by atoms with Crippen molar-refractivity contribution in [2.45, 2.75) is 50.3 Å². The molecule has 1 aliphatic heterocycles. The van der Waals surface area contributed by atoms with E-state index >= 15 is 0 Å². The van der Waals surface area contributed by atoms with Crippen molar-refractivity contribution >= 4 is 5.91 Å². The number of aliphatic hydroxyl groups excluding tert-OH is 1. The topological polar surface area (TPSA) is 66.6 Å². The van der Waals surface area contributed by atoms with E-state index in [1.807, 2.05) is 4.90 Å². The molecule has 1 aliphatic carbocycles. The highest BCUT2D eigenvalue weighted by Crippen LogP contribution is 2.26. The molecule has 0 aromatic carbocycles. The van der Waals surface area contributed by atoms with Gasteiger partial charge in [0.25, 0.3) is 0 Å². The van der Waals surface area contributed by atoms with Gasteiger partial charge in [0.05, 0.1) is 12.1 Å². The number of likely N-dealkylation sites (tertiary alicyclic amines) is 1. The molecule has 2 fully saturated rings. The Morgan fingerprint density at radius 3 is 2.71 bits per heavy atom. The zero-order valence-electron chi connectivity index (χ0n) is 8.35. The fraction of sp³-hybridized carbons (Fsp3) is 0.900. The van der Waals surface area contributed by atoms with Gasteiger partial charge in [-0.1, -0.05) is 0 Å². The van der Waals surface area contributed by atoms with Crippen LogP contribution in [0.15, 0.2) is 0 Å². The van der Waals surface area contributed by atoms with Crippen LogP contribution in [-0.4, -0.2) is 40.6 Å². The first-order valence-corrected chi connectivity index (χ1v) is 5.42. The van der Waals surface area contributed by atoms with Crippen molar-refractivity contribution in [2.75, 3.05) is 6.54 Å². The van der Waals surface area contributed by atoms with E-state index in [9.17, 15) is 9.90 Å². The van der Waals surface area contributed by atoms with E-state index in [0.29, 0.717) is 0 Å². The second kappa shape index (κ2) is 3.87. The third-order valence-electron chi connectivity index (χ3n) is 3.34. The van der Waals surface area contributed by atoms with Crippen LogP contribution >= 0.6 is 0 Å². The Bertz CT molecular complexity index is 232. The highest BCUT2D eigenvalue weighted by Gasteiger charge is 2.35. The maximum atomic E-state index is 11.6. The van der Waals surface area contributed by atoms with Crippen molar-refractivity contribution in [2.24, 2.45) is 5.73 Å². The number of amides is 1. The molecule has 1 heterocycles. The molecular formula is C10H18N2O2. The number of rotatable bonds is 1. The predicted octanol–water partition coefficient (Wildman–Crippen LogP) is -0.151. The Morgan fingerprint density at radius 1 is 1.36 bits per heavy atom. The molecular weight excluding hydrogens is 180 g/mol. The minimum Gasteiger partial charge on any atom is -0.393 e. The largest absolute Gasteiger partial charge is 0.393 e. The van der Waals surface area contributed by atoms with Crippen LogP contribution in [0, 0.1) is 0 Å². The van der Waals surface area contributed by atoms with Gasteiger partial charge in [-0.05, 0) is 32.1 Å². The molecule has 1 saturated carbocycles. The number of nitrogens with zero attached hydrogens (tertiary/aromatic N) is 1. The van der Waals surface area contributed by atoms with Gasteiger partial charge < -0.3 is 15.7 Å². The quantitative estimate of drug-likeness (QED) is 0.615. The number of hydrogen-bond donors (Lipinski definition) is 2. The van der Waals surface area contributed by atoms with Crippen LogP contribution < -0.4 is 5.73 Å². The van der Waals surface area contributed by atoms with Crippen molar-refractivity contribution in [1.29, 1.82) is 0 Å². The Morgan fingerprint density at radius 2 is 2.14 bits per heavy atom. The van der Waals surface area contributed by atoms with E-state index in [0.717, 1.165) is 38.6 Å². The lowest BCUT2D eigenvalue weighted by Crippen LogP contribution is -2.43. The van der Waals surface area contributed by atoms with Gasteiger partial charge in [0, 0.05) is 12.6 Å². The highest BCUT2D eigenvalue weighted by molar-refractivity contribution is 5.84. The molecule has 0 aromatic heterocycles. The molecule has 0 spiro atoms. The van der Waals surface area contributed by atoms with Crippen LogP contribution in [0.1, 0.15) is 32.1 Å². The zero-order chi connectivity index (χ0) is 10.1. The Labute approximate surface area is 84.1 Å². The lowest BCUT2D eigenvalue weighted by atomic mass is 9.92. The Balaban J connectivity index is 1.97. The minimum absolute atomic E-state index is 0.0732. The summed E-state index contributed by atoms with van der Waals surface area (Å²) in [6.45, 7) is 0.775. The van der Waals surface area contributed by atoms with Crippen LogP contribution in [0.2, 0.25) is 0 Å². The normalized spacial score (nSPS) is 39.1. The third kappa shape index (κ3) is 1.77. The first-order valence-electron chi connectivity index (χ1n) is 5.42. The first kappa shape index (κ1) is 9.93. The summed E-state index contributed by atoms with van der Waals surface area (Å²) < 4.78 is 0. The minimum atomic E-state index is -0.297. The summed E-state index contributed by atoms with van der Waals surface area (Å²) in [5, 5.41) is 9.52. The summed E-state index contributed by atoms with van der Waals surface area (Å²) in [6, 6.07) is -0.0612. The molecule has 0 bridgehead atoms. The number of carbonyl (C=O) groups excluding carboxylic acids is 1. The van der Waals surface area contributed by atoms with E-state index in [2.05, 4.69) is 0 Å². The molecule has 1 saturated heterocycles. The van der Waals surface area contributed by atoms with Gasteiger partial charge in [-0.15, -0.1) is 0 Å². The molecule has 80 valence electrons. The van der Waals surface area contributed by atoms with Gasteiger partial charge in [0.15, 0.2) is 0 Å². The lowest BCUT2D eigenvalue weighted by molar-refractivity contribution is -0.131. The summed E-state index contributed by atoms with van der Waals surface area (Å²) in [4.78, 5) is 13.5. The monoisotopic (exact) mass is 198 g/mol.